The summed E-state index contributed by atoms with van der Waals surface area (Å²) in [6.45, 7) is 2.89. The van der Waals surface area contributed by atoms with Gasteiger partial charge in [-0.2, -0.15) is 0 Å². The molecule has 3 saturated heterocycles. The number of methoxy groups -OCH3 is 2. The molecule has 3 heterocycles. The lowest BCUT2D eigenvalue weighted by molar-refractivity contribution is -0.145. The summed E-state index contributed by atoms with van der Waals surface area (Å²) in [5, 5.41) is 11.6. The van der Waals surface area contributed by atoms with Crippen LogP contribution in [0.4, 0.5) is 0 Å². The molecule has 28 heavy (non-hydrogen) atoms. The fourth-order valence-electron chi connectivity index (χ4n) is 3.59. The molecule has 0 saturated carbocycles. The molecule has 3 fully saturated rings. The lowest BCUT2D eigenvalue weighted by Crippen LogP contribution is -2.33. The zero-order valence-corrected chi connectivity index (χ0v) is 17.5. The quantitative estimate of drug-likeness (QED) is 0.647. The van der Waals surface area contributed by atoms with Crippen LogP contribution < -0.4 is 5.32 Å². The Balaban J connectivity index is 0.000000210. The topological polar surface area (TPSA) is 108 Å². The molecule has 3 atom stereocenters. The predicted molar refractivity (Wildman–Crippen MR) is 104 cm³/mol. The van der Waals surface area contributed by atoms with E-state index in [4.69, 9.17) is 5.11 Å². The average Bonchev–Trinajstić information content (AvgIpc) is 3.43. The van der Waals surface area contributed by atoms with E-state index < -0.39 is 5.97 Å². The number of likely N-dealkylation sites (tertiary alicyclic amines) is 2. The Morgan fingerprint density at radius 2 is 1.39 bits per heavy atom. The summed E-state index contributed by atoms with van der Waals surface area (Å²) in [4.78, 5) is 36.0. The number of carboxylic acids is 1. The SMILES string of the molecule is CN1CCCC1C(=O)O.COC(=O)C1CCCN1.COC(=O)C1CCCN1C. The largest absolute Gasteiger partial charge is 0.480 e. The fourth-order valence-corrected chi connectivity index (χ4v) is 3.59. The molecule has 162 valence electrons. The normalized spacial score (nSPS) is 27.2. The van der Waals surface area contributed by atoms with Gasteiger partial charge in [0.05, 0.1) is 14.2 Å². The Bertz CT molecular complexity index is 510. The second kappa shape index (κ2) is 12.7. The summed E-state index contributed by atoms with van der Waals surface area (Å²) in [6, 6.07) is -0.231. The number of carbonyl (C=O) groups is 3. The number of carbonyl (C=O) groups excluding carboxylic acids is 2. The highest BCUT2D eigenvalue weighted by molar-refractivity contribution is 5.76. The number of nitrogens with one attached hydrogen (secondary N) is 1. The first-order valence-corrected chi connectivity index (χ1v) is 9.84. The first-order chi connectivity index (χ1) is 13.3. The monoisotopic (exact) mass is 401 g/mol. The van der Waals surface area contributed by atoms with Crippen molar-refractivity contribution < 1.29 is 29.0 Å². The molecule has 0 aromatic carbocycles. The zero-order valence-electron chi connectivity index (χ0n) is 17.5. The summed E-state index contributed by atoms with van der Waals surface area (Å²) in [7, 11) is 6.66. The van der Waals surface area contributed by atoms with Crippen molar-refractivity contribution >= 4 is 17.9 Å². The van der Waals surface area contributed by atoms with Crippen molar-refractivity contribution in [3.05, 3.63) is 0 Å². The molecule has 0 bridgehead atoms. The van der Waals surface area contributed by atoms with Gasteiger partial charge in [0.2, 0.25) is 0 Å². The number of esters is 2. The van der Waals surface area contributed by atoms with E-state index in [9.17, 15) is 14.4 Å². The number of rotatable bonds is 3. The standard InChI is InChI=1S/C7H13NO2.2C6H11NO2/c1-8-5-3-4-6(8)7(9)10-2;1-9-6(8)5-3-2-4-7-5;1-7-4-2-3-5(7)6(8)9/h6H,3-5H2,1-2H3;5,7H,2-4H2,1H3;5H,2-4H2,1H3,(H,8,9). The first-order valence-electron chi connectivity index (χ1n) is 9.84. The van der Waals surface area contributed by atoms with Crippen LogP contribution in [0.15, 0.2) is 0 Å². The maximum atomic E-state index is 11.0. The van der Waals surface area contributed by atoms with E-state index in [1.807, 2.05) is 23.9 Å². The Labute approximate surface area is 167 Å². The van der Waals surface area contributed by atoms with Crippen molar-refractivity contribution in [1.29, 1.82) is 0 Å². The van der Waals surface area contributed by atoms with E-state index in [0.29, 0.717) is 0 Å². The molecular formula is C19H35N3O6. The van der Waals surface area contributed by atoms with E-state index in [1.54, 1.807) is 0 Å². The Kier molecular flexibility index (Phi) is 11.0. The minimum atomic E-state index is -0.685. The molecule has 9 heteroatoms. The van der Waals surface area contributed by atoms with Gasteiger partial charge in [0, 0.05) is 0 Å². The molecule has 3 aliphatic heterocycles. The first kappa shape index (κ1) is 24.3. The maximum Gasteiger partial charge on any atom is 0.323 e. The van der Waals surface area contributed by atoms with E-state index in [0.717, 1.165) is 58.2 Å². The van der Waals surface area contributed by atoms with E-state index >= 15 is 0 Å². The van der Waals surface area contributed by atoms with Gasteiger partial charge >= 0.3 is 17.9 Å². The molecule has 3 unspecified atom stereocenters. The third kappa shape index (κ3) is 7.73. The van der Waals surface area contributed by atoms with Gasteiger partial charge in [0.15, 0.2) is 0 Å². The smallest absolute Gasteiger partial charge is 0.323 e. The number of hydrogen-bond acceptors (Lipinski definition) is 8. The Morgan fingerprint density at radius 1 is 0.857 bits per heavy atom. The summed E-state index contributed by atoms with van der Waals surface area (Å²) in [5.74, 6) is -0.914. The van der Waals surface area contributed by atoms with Crippen molar-refractivity contribution in [1.82, 2.24) is 15.1 Å². The lowest BCUT2D eigenvalue weighted by Gasteiger charge is -2.15. The molecule has 0 aliphatic carbocycles. The van der Waals surface area contributed by atoms with E-state index in [-0.39, 0.29) is 30.1 Å². The second-order valence-corrected chi connectivity index (χ2v) is 7.31. The highest BCUT2D eigenvalue weighted by Gasteiger charge is 2.28. The zero-order chi connectivity index (χ0) is 21.1. The number of ether oxygens (including phenoxy) is 2. The minimum Gasteiger partial charge on any atom is -0.480 e. The van der Waals surface area contributed by atoms with Gasteiger partial charge in [-0.1, -0.05) is 0 Å². The van der Waals surface area contributed by atoms with Crippen LogP contribution in [0.25, 0.3) is 0 Å². The Hall–Kier alpha value is -1.71. The van der Waals surface area contributed by atoms with Crippen LogP contribution in [0.3, 0.4) is 0 Å². The van der Waals surface area contributed by atoms with Crippen LogP contribution in [-0.2, 0) is 23.9 Å². The van der Waals surface area contributed by atoms with Gasteiger partial charge in [0.25, 0.3) is 0 Å². The highest BCUT2D eigenvalue weighted by atomic mass is 16.5. The molecule has 0 aromatic heterocycles. The highest BCUT2D eigenvalue weighted by Crippen LogP contribution is 2.15. The van der Waals surface area contributed by atoms with Crippen LogP contribution in [0, 0.1) is 0 Å². The molecule has 2 N–H and O–H groups in total. The maximum absolute atomic E-state index is 11.0. The van der Waals surface area contributed by atoms with Crippen LogP contribution in [0.2, 0.25) is 0 Å². The molecule has 3 rings (SSSR count). The van der Waals surface area contributed by atoms with Gasteiger partial charge < -0.3 is 19.9 Å². The van der Waals surface area contributed by atoms with Crippen LogP contribution in [0.5, 0.6) is 0 Å². The molecule has 0 amide bonds. The second-order valence-electron chi connectivity index (χ2n) is 7.31. The average molecular weight is 402 g/mol. The number of aliphatic carboxylic acids is 1. The van der Waals surface area contributed by atoms with E-state index in [2.05, 4.69) is 14.8 Å². The van der Waals surface area contributed by atoms with Crippen LogP contribution >= 0.6 is 0 Å². The fraction of sp³-hybridized carbons (Fsp3) is 0.842. The molecule has 0 aromatic rings. The number of nitrogens with zero attached hydrogens (tertiary/aromatic N) is 2. The van der Waals surface area contributed by atoms with Crippen molar-refractivity contribution in [2.45, 2.75) is 56.7 Å². The van der Waals surface area contributed by atoms with Crippen LogP contribution in [0.1, 0.15) is 38.5 Å². The third-order valence-corrected chi connectivity index (χ3v) is 5.35. The summed E-state index contributed by atoms with van der Waals surface area (Å²) in [6.07, 6.45) is 5.89. The molecule has 0 spiro atoms. The number of hydrogen-bond donors (Lipinski definition) is 2. The summed E-state index contributed by atoms with van der Waals surface area (Å²) >= 11 is 0. The van der Waals surface area contributed by atoms with Crippen molar-refractivity contribution in [2.75, 3.05) is 47.9 Å². The minimum absolute atomic E-state index is 0.0185. The Morgan fingerprint density at radius 3 is 1.71 bits per heavy atom. The third-order valence-electron chi connectivity index (χ3n) is 5.35. The van der Waals surface area contributed by atoms with Gasteiger partial charge in [0.1, 0.15) is 18.1 Å². The summed E-state index contributed by atoms with van der Waals surface area (Å²) in [5.41, 5.74) is 0. The van der Waals surface area contributed by atoms with Crippen molar-refractivity contribution in [3.8, 4) is 0 Å². The summed E-state index contributed by atoms with van der Waals surface area (Å²) < 4.78 is 9.16. The lowest BCUT2D eigenvalue weighted by atomic mass is 10.2. The number of carboxylic acid groups (broad SMARTS) is 1. The van der Waals surface area contributed by atoms with Gasteiger partial charge in [-0.15, -0.1) is 0 Å². The molecule has 9 nitrogen and oxygen atoms in total. The van der Waals surface area contributed by atoms with Crippen molar-refractivity contribution in [2.24, 2.45) is 0 Å². The predicted octanol–water partition coefficient (Wildman–Crippen LogP) is 0.330. The number of likely N-dealkylation sites (N-methyl/N-ethyl adjacent to an activating group) is 2. The van der Waals surface area contributed by atoms with Crippen LogP contribution in [-0.4, -0.2) is 98.9 Å². The van der Waals surface area contributed by atoms with E-state index in [1.165, 1.54) is 14.2 Å². The molecular weight excluding hydrogens is 366 g/mol. The van der Waals surface area contributed by atoms with Gasteiger partial charge in [-0.3, -0.25) is 24.2 Å². The molecule has 3 aliphatic rings. The molecule has 0 radical (unpaired) electrons. The van der Waals surface area contributed by atoms with Crippen molar-refractivity contribution in [3.63, 3.8) is 0 Å². The van der Waals surface area contributed by atoms with Gasteiger partial charge in [-0.25, -0.2) is 0 Å². The van der Waals surface area contributed by atoms with Gasteiger partial charge in [-0.05, 0) is 72.3 Å².